The van der Waals surface area contributed by atoms with E-state index >= 15 is 0 Å². The standard InChI is InChI=1S/C26H42O/c1-17(2)6-7-18(3)22-10-11-23-21-9-8-19-16-20(27)12-14-25(19,4)24(21)13-15-26(22,23)5/h8,18,20-24,27H,1,6-7,9-16H2,2-5H3/t18-,20+,21+,22-,23+,24+,25+,26-/m1/s1. The van der Waals surface area contributed by atoms with Crippen LogP contribution in [0, 0.1) is 40.4 Å². The van der Waals surface area contributed by atoms with Crippen LogP contribution in [-0.4, -0.2) is 11.2 Å². The topological polar surface area (TPSA) is 20.2 Å². The van der Waals surface area contributed by atoms with Crippen molar-refractivity contribution in [2.45, 2.75) is 98.0 Å². The van der Waals surface area contributed by atoms with Gasteiger partial charge in [0, 0.05) is 0 Å². The molecule has 3 fully saturated rings. The number of hydrogen-bond acceptors (Lipinski definition) is 1. The Labute approximate surface area is 167 Å². The minimum Gasteiger partial charge on any atom is -0.393 e. The Morgan fingerprint density at radius 3 is 2.70 bits per heavy atom. The summed E-state index contributed by atoms with van der Waals surface area (Å²) >= 11 is 0. The van der Waals surface area contributed by atoms with Crippen LogP contribution in [-0.2, 0) is 0 Å². The smallest absolute Gasteiger partial charge is 0.0577 e. The highest BCUT2D eigenvalue weighted by molar-refractivity contribution is 5.25. The fourth-order valence-corrected chi connectivity index (χ4v) is 8.29. The Morgan fingerprint density at radius 2 is 1.96 bits per heavy atom. The molecule has 0 aromatic rings. The van der Waals surface area contributed by atoms with Crippen molar-refractivity contribution in [3.63, 3.8) is 0 Å². The van der Waals surface area contributed by atoms with Gasteiger partial charge in [-0.05, 0) is 112 Å². The maximum absolute atomic E-state index is 10.2. The summed E-state index contributed by atoms with van der Waals surface area (Å²) in [4.78, 5) is 0. The van der Waals surface area contributed by atoms with Crippen LogP contribution >= 0.6 is 0 Å². The van der Waals surface area contributed by atoms with Crippen LogP contribution in [0.15, 0.2) is 23.8 Å². The Bertz CT molecular complexity index is 618. The van der Waals surface area contributed by atoms with Crippen molar-refractivity contribution in [1.82, 2.24) is 0 Å². The second-order valence-electron chi connectivity index (χ2n) is 11.4. The van der Waals surface area contributed by atoms with Crippen LogP contribution in [0.25, 0.3) is 0 Å². The maximum atomic E-state index is 10.2. The first-order chi connectivity index (χ1) is 12.8. The van der Waals surface area contributed by atoms with Gasteiger partial charge in [-0.2, -0.15) is 0 Å². The van der Waals surface area contributed by atoms with Gasteiger partial charge in [-0.3, -0.25) is 0 Å². The monoisotopic (exact) mass is 370 g/mol. The van der Waals surface area contributed by atoms with Gasteiger partial charge in [-0.25, -0.2) is 0 Å². The largest absolute Gasteiger partial charge is 0.393 e. The van der Waals surface area contributed by atoms with Crippen LogP contribution in [0.2, 0.25) is 0 Å². The lowest BCUT2D eigenvalue weighted by atomic mass is 9.47. The number of allylic oxidation sites excluding steroid dienone is 2. The fourth-order valence-electron chi connectivity index (χ4n) is 8.29. The average molecular weight is 371 g/mol. The van der Waals surface area contributed by atoms with E-state index in [4.69, 9.17) is 0 Å². The molecule has 1 N–H and O–H groups in total. The van der Waals surface area contributed by atoms with Gasteiger partial charge in [0.1, 0.15) is 0 Å². The van der Waals surface area contributed by atoms with Gasteiger partial charge < -0.3 is 5.11 Å². The Kier molecular flexibility index (Phi) is 5.15. The second kappa shape index (κ2) is 7.05. The molecule has 4 rings (SSSR count). The van der Waals surface area contributed by atoms with E-state index in [0.29, 0.717) is 10.8 Å². The molecular formula is C26H42O. The molecule has 0 radical (unpaired) electrons. The zero-order valence-corrected chi connectivity index (χ0v) is 18.3. The molecule has 1 heteroatoms. The summed E-state index contributed by atoms with van der Waals surface area (Å²) in [5.41, 5.74) is 3.90. The summed E-state index contributed by atoms with van der Waals surface area (Å²) in [5, 5.41) is 10.2. The number of fused-ring (bicyclic) bond motifs is 5. The molecule has 0 aromatic carbocycles. The van der Waals surface area contributed by atoms with Gasteiger partial charge in [-0.1, -0.05) is 38.0 Å². The van der Waals surface area contributed by atoms with Gasteiger partial charge >= 0.3 is 0 Å². The molecular weight excluding hydrogens is 328 g/mol. The van der Waals surface area contributed by atoms with E-state index in [1.807, 2.05) is 0 Å². The Hall–Kier alpha value is -0.560. The van der Waals surface area contributed by atoms with E-state index in [1.165, 1.54) is 56.9 Å². The number of rotatable bonds is 4. The number of aliphatic hydroxyl groups is 1. The third-order valence-corrected chi connectivity index (χ3v) is 9.86. The summed E-state index contributed by atoms with van der Waals surface area (Å²) in [6.45, 7) is 14.1. The molecule has 0 aliphatic heterocycles. The molecule has 8 atom stereocenters. The van der Waals surface area contributed by atoms with Crippen molar-refractivity contribution in [2.75, 3.05) is 0 Å². The Morgan fingerprint density at radius 1 is 1.19 bits per heavy atom. The van der Waals surface area contributed by atoms with E-state index in [-0.39, 0.29) is 6.10 Å². The number of hydrogen-bond donors (Lipinski definition) is 1. The minimum atomic E-state index is -0.0836. The molecule has 0 saturated heterocycles. The molecule has 0 bridgehead atoms. The highest BCUT2D eigenvalue weighted by Gasteiger charge is 2.59. The van der Waals surface area contributed by atoms with Gasteiger partial charge in [-0.15, -0.1) is 6.58 Å². The molecule has 0 unspecified atom stereocenters. The van der Waals surface area contributed by atoms with Crippen molar-refractivity contribution in [1.29, 1.82) is 0 Å². The summed E-state index contributed by atoms with van der Waals surface area (Å²) in [6.07, 6.45) is 15.3. The summed E-state index contributed by atoms with van der Waals surface area (Å²) < 4.78 is 0. The lowest BCUT2D eigenvalue weighted by Gasteiger charge is -2.58. The van der Waals surface area contributed by atoms with Crippen LogP contribution in [0.1, 0.15) is 91.9 Å². The lowest BCUT2D eigenvalue weighted by molar-refractivity contribution is -0.0571. The molecule has 3 saturated carbocycles. The van der Waals surface area contributed by atoms with E-state index in [1.54, 1.807) is 5.57 Å². The third kappa shape index (κ3) is 3.17. The average Bonchev–Trinajstić information content (AvgIpc) is 2.97. The molecule has 4 aliphatic rings. The normalized spacial score (nSPS) is 47.4. The van der Waals surface area contributed by atoms with Gasteiger partial charge in [0.15, 0.2) is 0 Å². The van der Waals surface area contributed by atoms with E-state index in [9.17, 15) is 5.11 Å². The van der Waals surface area contributed by atoms with Crippen molar-refractivity contribution in [3.05, 3.63) is 23.8 Å². The summed E-state index contributed by atoms with van der Waals surface area (Å²) in [7, 11) is 0. The first-order valence-electron chi connectivity index (χ1n) is 11.8. The highest BCUT2D eigenvalue weighted by Crippen LogP contribution is 2.67. The molecule has 0 heterocycles. The van der Waals surface area contributed by atoms with E-state index in [0.717, 1.165) is 42.4 Å². The van der Waals surface area contributed by atoms with Gasteiger partial charge in [0.05, 0.1) is 6.10 Å². The third-order valence-electron chi connectivity index (χ3n) is 9.86. The molecule has 0 aromatic heterocycles. The van der Waals surface area contributed by atoms with E-state index in [2.05, 4.69) is 40.3 Å². The molecule has 1 nitrogen and oxygen atoms in total. The van der Waals surface area contributed by atoms with Crippen LogP contribution in [0.3, 0.4) is 0 Å². The molecule has 0 spiro atoms. The molecule has 27 heavy (non-hydrogen) atoms. The molecule has 152 valence electrons. The summed E-state index contributed by atoms with van der Waals surface area (Å²) in [6, 6.07) is 0. The fraction of sp³-hybridized carbons (Fsp3) is 0.846. The van der Waals surface area contributed by atoms with Gasteiger partial charge in [0.25, 0.3) is 0 Å². The highest BCUT2D eigenvalue weighted by atomic mass is 16.3. The molecule has 0 amide bonds. The zero-order valence-electron chi connectivity index (χ0n) is 18.3. The molecule has 4 aliphatic carbocycles. The predicted molar refractivity (Wildman–Crippen MR) is 114 cm³/mol. The second-order valence-corrected chi connectivity index (χ2v) is 11.4. The number of aliphatic hydroxyl groups excluding tert-OH is 1. The predicted octanol–water partition coefficient (Wildman–Crippen LogP) is 6.92. The van der Waals surface area contributed by atoms with Crippen molar-refractivity contribution in [2.24, 2.45) is 40.4 Å². The summed E-state index contributed by atoms with van der Waals surface area (Å²) in [5.74, 6) is 4.44. The van der Waals surface area contributed by atoms with Crippen LogP contribution < -0.4 is 0 Å². The Balaban J connectivity index is 1.54. The SMILES string of the molecule is C=C(C)CC[C@@H](C)[C@H]1CC[C@H]2[C@@H]3CC=C4C[C@@H](O)CC[C@]4(C)[C@H]3CC[C@]12C. The zero-order chi connectivity index (χ0) is 19.4. The van der Waals surface area contributed by atoms with Crippen LogP contribution in [0.5, 0.6) is 0 Å². The minimum absolute atomic E-state index is 0.0836. The maximum Gasteiger partial charge on any atom is 0.0577 e. The van der Waals surface area contributed by atoms with Crippen molar-refractivity contribution >= 4 is 0 Å². The van der Waals surface area contributed by atoms with Crippen LogP contribution in [0.4, 0.5) is 0 Å². The van der Waals surface area contributed by atoms with Crippen molar-refractivity contribution in [3.8, 4) is 0 Å². The first kappa shape index (κ1) is 19.7. The van der Waals surface area contributed by atoms with Crippen molar-refractivity contribution < 1.29 is 5.11 Å². The first-order valence-corrected chi connectivity index (χ1v) is 11.8. The quantitative estimate of drug-likeness (QED) is 0.533. The lowest BCUT2D eigenvalue weighted by Crippen LogP contribution is -2.50. The van der Waals surface area contributed by atoms with E-state index < -0.39 is 0 Å². The van der Waals surface area contributed by atoms with Gasteiger partial charge in [0.2, 0.25) is 0 Å².